The molecule has 0 atom stereocenters. The number of thiocarbonyl (C=S) groups is 1. The molecule has 1 aromatic rings. The maximum atomic E-state index is 12.0. The zero-order valence-corrected chi connectivity index (χ0v) is 13.4. The van der Waals surface area contributed by atoms with E-state index in [1.807, 2.05) is 13.8 Å². The first-order valence-corrected chi connectivity index (χ1v) is 7.05. The first-order valence-electron chi connectivity index (χ1n) is 6.64. The molecular formula is C14H19F2N3O2S. The number of hydrogen-bond acceptors (Lipinski definition) is 3. The summed E-state index contributed by atoms with van der Waals surface area (Å²) in [7, 11) is 1.68. The Balaban J connectivity index is 2.51. The molecule has 1 rings (SSSR count). The summed E-state index contributed by atoms with van der Waals surface area (Å²) in [6.07, 6.45) is 0. The average Bonchev–Trinajstić information content (AvgIpc) is 2.39. The van der Waals surface area contributed by atoms with Gasteiger partial charge in [-0.05, 0) is 50.3 Å². The molecule has 22 heavy (non-hydrogen) atoms. The van der Waals surface area contributed by atoms with Gasteiger partial charge in [-0.1, -0.05) is 0 Å². The van der Waals surface area contributed by atoms with Crippen molar-refractivity contribution in [3.63, 3.8) is 0 Å². The van der Waals surface area contributed by atoms with Crippen LogP contribution in [0.4, 0.5) is 14.5 Å². The molecule has 0 bridgehead atoms. The first-order chi connectivity index (χ1) is 10.3. The lowest BCUT2D eigenvalue weighted by molar-refractivity contribution is -0.121. The number of carbonyl (C=O) groups excluding carboxylic acids is 1. The Hall–Kier alpha value is -1.96. The van der Waals surface area contributed by atoms with E-state index in [-0.39, 0.29) is 24.2 Å². The second kappa shape index (κ2) is 8.47. The van der Waals surface area contributed by atoms with Crippen molar-refractivity contribution in [1.82, 2.24) is 10.2 Å². The number of carbonyl (C=O) groups is 1. The average molecular weight is 331 g/mol. The largest absolute Gasteiger partial charge is 0.435 e. The fourth-order valence-electron chi connectivity index (χ4n) is 1.59. The number of nitrogens with zero attached hydrogens (tertiary/aromatic N) is 1. The molecule has 0 aliphatic heterocycles. The van der Waals surface area contributed by atoms with Crippen LogP contribution < -0.4 is 15.4 Å². The Labute approximate surface area is 133 Å². The van der Waals surface area contributed by atoms with Crippen LogP contribution in [0.5, 0.6) is 5.75 Å². The third-order valence-electron chi connectivity index (χ3n) is 2.51. The summed E-state index contributed by atoms with van der Waals surface area (Å²) in [4.78, 5) is 13.2. The molecule has 1 aromatic carbocycles. The predicted octanol–water partition coefficient (Wildman–Crippen LogP) is 2.44. The van der Waals surface area contributed by atoms with Crippen molar-refractivity contribution in [2.45, 2.75) is 26.5 Å². The molecule has 0 saturated heterocycles. The highest BCUT2D eigenvalue weighted by Crippen LogP contribution is 2.17. The van der Waals surface area contributed by atoms with Crippen molar-refractivity contribution in [2.75, 3.05) is 18.9 Å². The Morgan fingerprint density at radius 3 is 2.41 bits per heavy atom. The van der Waals surface area contributed by atoms with E-state index in [0.29, 0.717) is 10.8 Å². The van der Waals surface area contributed by atoms with Crippen LogP contribution in [0.15, 0.2) is 24.3 Å². The van der Waals surface area contributed by atoms with E-state index < -0.39 is 6.61 Å². The van der Waals surface area contributed by atoms with Crippen molar-refractivity contribution in [2.24, 2.45) is 0 Å². The van der Waals surface area contributed by atoms with E-state index in [4.69, 9.17) is 12.2 Å². The number of amides is 1. The lowest BCUT2D eigenvalue weighted by atomic mass is 10.3. The Morgan fingerprint density at radius 2 is 1.91 bits per heavy atom. The van der Waals surface area contributed by atoms with Gasteiger partial charge in [0.15, 0.2) is 5.11 Å². The summed E-state index contributed by atoms with van der Waals surface area (Å²) >= 11 is 5.18. The number of alkyl halides is 2. The summed E-state index contributed by atoms with van der Waals surface area (Å²) in [6, 6.07) is 5.99. The highest BCUT2D eigenvalue weighted by atomic mass is 32.1. The van der Waals surface area contributed by atoms with Crippen molar-refractivity contribution in [1.29, 1.82) is 0 Å². The topological polar surface area (TPSA) is 53.6 Å². The zero-order valence-electron chi connectivity index (χ0n) is 12.6. The SMILES string of the molecule is CC(C)NC(=O)CN(C)C(=S)Nc1ccc(OC(F)F)cc1. The maximum absolute atomic E-state index is 12.0. The number of ether oxygens (including phenoxy) is 1. The third kappa shape index (κ3) is 6.66. The molecule has 122 valence electrons. The van der Waals surface area contributed by atoms with Gasteiger partial charge in [-0.3, -0.25) is 4.79 Å². The number of likely N-dealkylation sites (N-methyl/N-ethyl adjacent to an activating group) is 1. The fraction of sp³-hybridized carbons (Fsp3) is 0.429. The molecule has 5 nitrogen and oxygen atoms in total. The molecule has 0 aliphatic carbocycles. The molecule has 0 saturated carbocycles. The minimum atomic E-state index is -2.86. The van der Waals surface area contributed by atoms with Crippen LogP contribution in [0.25, 0.3) is 0 Å². The van der Waals surface area contributed by atoms with Crippen molar-refractivity contribution in [3.05, 3.63) is 24.3 Å². The molecule has 0 radical (unpaired) electrons. The van der Waals surface area contributed by atoms with Crippen molar-refractivity contribution in [3.8, 4) is 5.75 Å². The normalized spacial score (nSPS) is 10.5. The number of halogens is 2. The van der Waals surface area contributed by atoms with Crippen molar-refractivity contribution >= 4 is 28.9 Å². The lowest BCUT2D eigenvalue weighted by Gasteiger charge is -2.21. The molecule has 1 amide bonds. The van der Waals surface area contributed by atoms with Crippen LogP contribution in [-0.2, 0) is 4.79 Å². The van der Waals surface area contributed by atoms with Crippen LogP contribution in [0.2, 0.25) is 0 Å². The summed E-state index contributed by atoms with van der Waals surface area (Å²) in [6.45, 7) is 1.01. The van der Waals surface area contributed by atoms with E-state index in [1.165, 1.54) is 12.1 Å². The summed E-state index contributed by atoms with van der Waals surface area (Å²) in [5, 5.41) is 6.03. The molecule has 0 fully saturated rings. The second-order valence-electron chi connectivity index (χ2n) is 4.91. The Bertz CT molecular complexity index is 509. The standard InChI is InChI=1S/C14H19F2N3O2S/c1-9(2)17-12(20)8-19(3)14(22)18-10-4-6-11(7-5-10)21-13(15)16/h4-7,9,13H,8H2,1-3H3,(H,17,20)(H,18,22). The van der Waals surface area contributed by atoms with Crippen LogP contribution >= 0.6 is 12.2 Å². The third-order valence-corrected chi connectivity index (χ3v) is 2.92. The van der Waals surface area contributed by atoms with E-state index in [2.05, 4.69) is 15.4 Å². The highest BCUT2D eigenvalue weighted by molar-refractivity contribution is 7.80. The highest BCUT2D eigenvalue weighted by Gasteiger charge is 2.11. The molecule has 8 heteroatoms. The van der Waals surface area contributed by atoms with E-state index in [9.17, 15) is 13.6 Å². The number of hydrogen-bond donors (Lipinski definition) is 2. The Morgan fingerprint density at radius 1 is 1.32 bits per heavy atom. The van der Waals surface area contributed by atoms with Gasteiger partial charge in [0, 0.05) is 18.8 Å². The van der Waals surface area contributed by atoms with Gasteiger partial charge in [0.05, 0.1) is 6.54 Å². The number of benzene rings is 1. The lowest BCUT2D eigenvalue weighted by Crippen LogP contribution is -2.42. The van der Waals surface area contributed by atoms with Gasteiger partial charge >= 0.3 is 6.61 Å². The number of anilines is 1. The van der Waals surface area contributed by atoms with Crippen LogP contribution in [-0.4, -0.2) is 42.2 Å². The molecule has 0 aromatic heterocycles. The van der Waals surface area contributed by atoms with E-state index in [0.717, 1.165) is 0 Å². The summed E-state index contributed by atoms with van der Waals surface area (Å²) in [5.41, 5.74) is 0.614. The quantitative estimate of drug-likeness (QED) is 0.784. The minimum Gasteiger partial charge on any atom is -0.435 e. The summed E-state index contributed by atoms with van der Waals surface area (Å²) < 4.78 is 28.3. The van der Waals surface area contributed by atoms with Gasteiger partial charge in [-0.25, -0.2) is 0 Å². The van der Waals surface area contributed by atoms with Gasteiger partial charge < -0.3 is 20.3 Å². The van der Waals surface area contributed by atoms with Crippen LogP contribution in [0.3, 0.4) is 0 Å². The van der Waals surface area contributed by atoms with Crippen LogP contribution in [0.1, 0.15) is 13.8 Å². The summed E-state index contributed by atoms with van der Waals surface area (Å²) in [5.74, 6) is -0.0709. The molecule has 0 unspecified atom stereocenters. The minimum absolute atomic E-state index is 0.0600. The first kappa shape index (κ1) is 18.1. The molecule has 0 aliphatic rings. The number of rotatable bonds is 6. The van der Waals surface area contributed by atoms with Gasteiger partial charge in [0.1, 0.15) is 5.75 Å². The molecule has 0 spiro atoms. The second-order valence-corrected chi connectivity index (χ2v) is 5.30. The van der Waals surface area contributed by atoms with E-state index in [1.54, 1.807) is 24.1 Å². The maximum Gasteiger partial charge on any atom is 0.387 e. The fourth-order valence-corrected chi connectivity index (χ4v) is 1.78. The monoisotopic (exact) mass is 331 g/mol. The molecular weight excluding hydrogens is 312 g/mol. The van der Waals surface area contributed by atoms with Gasteiger partial charge in [-0.15, -0.1) is 0 Å². The molecule has 0 heterocycles. The van der Waals surface area contributed by atoms with Gasteiger partial charge in [0.25, 0.3) is 0 Å². The smallest absolute Gasteiger partial charge is 0.387 e. The van der Waals surface area contributed by atoms with E-state index >= 15 is 0 Å². The number of nitrogens with one attached hydrogen (secondary N) is 2. The Kier molecular flexibility index (Phi) is 6.97. The zero-order chi connectivity index (χ0) is 16.7. The van der Waals surface area contributed by atoms with Crippen molar-refractivity contribution < 1.29 is 18.3 Å². The van der Waals surface area contributed by atoms with Crippen LogP contribution in [0, 0.1) is 0 Å². The predicted molar refractivity (Wildman–Crippen MR) is 85.2 cm³/mol. The van der Waals surface area contributed by atoms with Gasteiger partial charge in [0.2, 0.25) is 5.91 Å². The van der Waals surface area contributed by atoms with Gasteiger partial charge in [-0.2, -0.15) is 8.78 Å². The molecule has 2 N–H and O–H groups in total.